The Morgan fingerprint density at radius 3 is 2.07 bits per heavy atom. The maximum Gasteiger partial charge on any atom is 0.338 e. The largest absolute Gasteiger partial charge is 0.465 e. The number of carbonyl (C=O) groups is 1. The van der Waals surface area contributed by atoms with Crippen LogP contribution in [0.4, 0.5) is 0 Å². The van der Waals surface area contributed by atoms with Gasteiger partial charge < -0.3 is 9.26 Å². The van der Waals surface area contributed by atoms with Crippen LogP contribution in [0.3, 0.4) is 0 Å². The zero-order chi connectivity index (χ0) is 20.4. The molecule has 0 bridgehead atoms. The van der Waals surface area contributed by atoms with E-state index in [-0.39, 0.29) is 0 Å². The van der Waals surface area contributed by atoms with Crippen LogP contribution in [0.25, 0.3) is 33.7 Å². The van der Waals surface area contributed by atoms with Crippen LogP contribution >= 0.6 is 23.2 Å². The maximum absolute atomic E-state index is 12.3. The van der Waals surface area contributed by atoms with Gasteiger partial charge in [0.05, 0.1) is 18.2 Å². The van der Waals surface area contributed by atoms with Gasteiger partial charge in [-0.2, -0.15) is 0 Å². The summed E-state index contributed by atoms with van der Waals surface area (Å²) in [5.74, 6) is 0.0189. The third kappa shape index (κ3) is 3.77. The van der Waals surface area contributed by atoms with Gasteiger partial charge in [-0.05, 0) is 35.9 Å². The number of methoxy groups -OCH3 is 1. The number of carbonyl (C=O) groups excluding carboxylic acids is 1. The van der Waals surface area contributed by atoms with Gasteiger partial charge in [-0.1, -0.05) is 70.8 Å². The molecule has 0 N–H and O–H groups in total. The van der Waals surface area contributed by atoms with Gasteiger partial charge in [-0.15, -0.1) is 0 Å². The van der Waals surface area contributed by atoms with E-state index in [0.29, 0.717) is 32.6 Å². The van der Waals surface area contributed by atoms with Crippen molar-refractivity contribution in [1.82, 2.24) is 5.16 Å². The number of hydrogen-bond donors (Lipinski definition) is 0. The first-order chi connectivity index (χ1) is 14.1. The molecule has 0 fully saturated rings. The molecule has 0 unspecified atom stereocenters. The van der Waals surface area contributed by atoms with Gasteiger partial charge in [0, 0.05) is 21.2 Å². The number of aromatic nitrogens is 1. The first-order valence-electron chi connectivity index (χ1n) is 8.77. The highest BCUT2D eigenvalue weighted by molar-refractivity contribution is 6.31. The number of esters is 1. The molecule has 4 nitrogen and oxygen atoms in total. The second kappa shape index (κ2) is 8.11. The van der Waals surface area contributed by atoms with Crippen LogP contribution in [0.5, 0.6) is 0 Å². The third-order valence-electron chi connectivity index (χ3n) is 4.52. The van der Waals surface area contributed by atoms with Crippen molar-refractivity contribution in [2.24, 2.45) is 0 Å². The lowest BCUT2D eigenvalue weighted by atomic mass is 9.94. The Labute approximate surface area is 177 Å². The minimum absolute atomic E-state index is 0.393. The smallest absolute Gasteiger partial charge is 0.338 e. The van der Waals surface area contributed by atoms with Crippen molar-refractivity contribution >= 4 is 29.2 Å². The minimum Gasteiger partial charge on any atom is -0.465 e. The lowest BCUT2D eigenvalue weighted by molar-refractivity contribution is 0.0601. The van der Waals surface area contributed by atoms with E-state index in [0.717, 1.165) is 16.7 Å². The predicted octanol–water partition coefficient (Wildman–Crippen LogP) is 6.77. The molecule has 0 saturated heterocycles. The van der Waals surface area contributed by atoms with E-state index < -0.39 is 5.97 Å². The van der Waals surface area contributed by atoms with Gasteiger partial charge in [0.15, 0.2) is 5.76 Å². The summed E-state index contributed by atoms with van der Waals surface area (Å²) in [6.07, 6.45) is 0. The molecule has 0 atom stereocenters. The molecule has 29 heavy (non-hydrogen) atoms. The Kier molecular flexibility index (Phi) is 5.38. The van der Waals surface area contributed by atoms with Crippen molar-refractivity contribution in [3.63, 3.8) is 0 Å². The van der Waals surface area contributed by atoms with Crippen LogP contribution in [0.2, 0.25) is 10.0 Å². The van der Waals surface area contributed by atoms with Crippen molar-refractivity contribution < 1.29 is 14.1 Å². The van der Waals surface area contributed by atoms with Gasteiger partial charge in [-0.3, -0.25) is 0 Å². The summed E-state index contributed by atoms with van der Waals surface area (Å²) in [6, 6.07) is 21.8. The average molecular weight is 424 g/mol. The molecule has 4 aromatic rings. The molecule has 0 aliphatic carbocycles. The highest BCUT2D eigenvalue weighted by Crippen LogP contribution is 2.41. The normalized spacial score (nSPS) is 10.7. The van der Waals surface area contributed by atoms with E-state index in [1.807, 2.05) is 30.3 Å². The third-order valence-corrected chi connectivity index (χ3v) is 5.02. The molecule has 0 amide bonds. The molecule has 6 heteroatoms. The Hall–Kier alpha value is -3.08. The van der Waals surface area contributed by atoms with Crippen LogP contribution in [0, 0.1) is 0 Å². The first-order valence-corrected chi connectivity index (χ1v) is 9.53. The number of ether oxygens (including phenoxy) is 1. The van der Waals surface area contributed by atoms with Gasteiger partial charge in [0.25, 0.3) is 0 Å². The molecule has 3 aromatic carbocycles. The maximum atomic E-state index is 12.3. The number of rotatable bonds is 4. The Morgan fingerprint density at radius 2 is 1.45 bits per heavy atom. The van der Waals surface area contributed by atoms with E-state index in [2.05, 4.69) is 5.16 Å². The monoisotopic (exact) mass is 423 g/mol. The molecule has 0 radical (unpaired) electrons. The van der Waals surface area contributed by atoms with Crippen molar-refractivity contribution in [2.45, 2.75) is 0 Å². The fourth-order valence-corrected chi connectivity index (χ4v) is 3.38. The van der Waals surface area contributed by atoms with E-state index in [9.17, 15) is 4.79 Å². The van der Waals surface area contributed by atoms with Crippen LogP contribution in [0.1, 0.15) is 10.4 Å². The summed E-state index contributed by atoms with van der Waals surface area (Å²) in [5.41, 5.74) is 4.07. The van der Waals surface area contributed by atoms with E-state index >= 15 is 0 Å². The molecule has 1 heterocycles. The molecular weight excluding hydrogens is 409 g/mol. The second-order valence-corrected chi connectivity index (χ2v) is 7.16. The van der Waals surface area contributed by atoms with Crippen molar-refractivity contribution in [1.29, 1.82) is 0 Å². The summed E-state index contributed by atoms with van der Waals surface area (Å²) in [5, 5.41) is 5.56. The molecular formula is C23H15Cl2NO3. The summed E-state index contributed by atoms with van der Waals surface area (Å²) in [7, 11) is 1.35. The van der Waals surface area contributed by atoms with Gasteiger partial charge in [-0.25, -0.2) is 4.79 Å². The van der Waals surface area contributed by atoms with Crippen molar-refractivity contribution in [3.05, 3.63) is 88.4 Å². The fraction of sp³-hybridized carbons (Fsp3) is 0.0435. The molecule has 4 rings (SSSR count). The van der Waals surface area contributed by atoms with E-state index in [4.69, 9.17) is 32.5 Å². The second-order valence-electron chi connectivity index (χ2n) is 6.29. The van der Waals surface area contributed by atoms with Crippen molar-refractivity contribution in [2.75, 3.05) is 7.11 Å². The predicted molar refractivity (Wildman–Crippen MR) is 114 cm³/mol. The lowest BCUT2D eigenvalue weighted by Gasteiger charge is -2.09. The molecule has 0 aliphatic rings. The highest BCUT2D eigenvalue weighted by Gasteiger charge is 2.24. The quantitative estimate of drug-likeness (QED) is 0.339. The molecule has 0 aliphatic heterocycles. The number of hydrogen-bond acceptors (Lipinski definition) is 4. The first kappa shape index (κ1) is 19.2. The Bertz CT molecular complexity index is 1170. The number of nitrogens with zero attached hydrogens (tertiary/aromatic N) is 1. The summed E-state index contributed by atoms with van der Waals surface area (Å²) >= 11 is 12.1. The van der Waals surface area contributed by atoms with Crippen LogP contribution in [-0.4, -0.2) is 18.2 Å². The standard InChI is InChI=1S/C23H15Cl2NO3/c1-28-23(27)19-5-3-2-4-18(19)22-20(14-6-10-16(24)11-7-14)21(26-29-22)15-8-12-17(25)13-9-15/h2-13H,1H3. The topological polar surface area (TPSA) is 52.3 Å². The molecule has 0 saturated carbocycles. The van der Waals surface area contributed by atoms with Gasteiger partial charge in [0.2, 0.25) is 0 Å². The Balaban J connectivity index is 1.98. The minimum atomic E-state index is -0.452. The molecule has 1 aromatic heterocycles. The fourth-order valence-electron chi connectivity index (χ4n) is 3.13. The van der Waals surface area contributed by atoms with E-state index in [1.165, 1.54) is 7.11 Å². The average Bonchev–Trinajstić information content (AvgIpc) is 3.19. The zero-order valence-electron chi connectivity index (χ0n) is 15.4. The van der Waals surface area contributed by atoms with Crippen LogP contribution < -0.4 is 0 Å². The zero-order valence-corrected chi connectivity index (χ0v) is 16.9. The lowest BCUT2D eigenvalue weighted by Crippen LogP contribution is -2.03. The van der Waals surface area contributed by atoms with Gasteiger partial charge in [0.1, 0.15) is 5.69 Å². The summed E-state index contributed by atoms with van der Waals surface area (Å²) in [6.45, 7) is 0. The molecule has 0 spiro atoms. The molecule has 144 valence electrons. The van der Waals surface area contributed by atoms with Crippen LogP contribution in [0.15, 0.2) is 77.3 Å². The number of benzene rings is 3. The Morgan fingerprint density at radius 1 is 0.862 bits per heavy atom. The van der Waals surface area contributed by atoms with Crippen molar-refractivity contribution in [3.8, 4) is 33.7 Å². The SMILES string of the molecule is COC(=O)c1ccccc1-c1onc(-c2ccc(Cl)cc2)c1-c1ccc(Cl)cc1. The highest BCUT2D eigenvalue weighted by atomic mass is 35.5. The van der Waals surface area contributed by atoms with Gasteiger partial charge >= 0.3 is 5.97 Å². The van der Waals surface area contributed by atoms with E-state index in [1.54, 1.807) is 42.5 Å². The van der Waals surface area contributed by atoms with Crippen LogP contribution in [-0.2, 0) is 4.74 Å². The summed E-state index contributed by atoms with van der Waals surface area (Å²) in [4.78, 5) is 12.3. The number of halogens is 2. The summed E-state index contributed by atoms with van der Waals surface area (Å²) < 4.78 is 10.7.